The van der Waals surface area contributed by atoms with Crippen molar-refractivity contribution in [2.45, 2.75) is 46.1 Å². The third kappa shape index (κ3) is 2.71. The Hall–Kier alpha value is -1.12. The Kier molecular flexibility index (Phi) is 3.42. The molecule has 0 saturated heterocycles. The maximum atomic E-state index is 4.40. The van der Waals surface area contributed by atoms with E-state index >= 15 is 0 Å². The van der Waals surface area contributed by atoms with Crippen LogP contribution in [0.2, 0.25) is 0 Å². The quantitative estimate of drug-likeness (QED) is 0.830. The molecule has 1 heterocycles. The van der Waals surface area contributed by atoms with Gasteiger partial charge in [-0.15, -0.1) is 0 Å². The second-order valence-electron chi connectivity index (χ2n) is 5.17. The standard InChI is InChI=1S/C13H21N3/c1-9-4-5-12(10(2)8-9)16-13-14-7-6-11(3)15-13/h6-7,9-10,12H,4-5,8H2,1-3H3,(H,14,15,16). The lowest BCUT2D eigenvalue weighted by Crippen LogP contribution is -2.33. The van der Waals surface area contributed by atoms with Crippen LogP contribution in [0.25, 0.3) is 0 Å². The van der Waals surface area contributed by atoms with Crippen LogP contribution in [0.5, 0.6) is 0 Å². The minimum absolute atomic E-state index is 0.540. The minimum atomic E-state index is 0.540. The number of rotatable bonds is 2. The van der Waals surface area contributed by atoms with Crippen LogP contribution in [-0.2, 0) is 0 Å². The first kappa shape index (κ1) is 11.4. The Morgan fingerprint density at radius 1 is 1.31 bits per heavy atom. The van der Waals surface area contributed by atoms with Crippen molar-refractivity contribution in [2.75, 3.05) is 5.32 Å². The van der Waals surface area contributed by atoms with Gasteiger partial charge in [-0.3, -0.25) is 0 Å². The van der Waals surface area contributed by atoms with Gasteiger partial charge in [-0.2, -0.15) is 0 Å². The van der Waals surface area contributed by atoms with Crippen molar-refractivity contribution in [3.05, 3.63) is 18.0 Å². The monoisotopic (exact) mass is 219 g/mol. The molecule has 1 aromatic rings. The lowest BCUT2D eigenvalue weighted by atomic mass is 9.80. The number of aromatic nitrogens is 2. The summed E-state index contributed by atoms with van der Waals surface area (Å²) >= 11 is 0. The zero-order valence-electron chi connectivity index (χ0n) is 10.4. The van der Waals surface area contributed by atoms with E-state index in [1.807, 2.05) is 19.2 Å². The first-order chi connectivity index (χ1) is 7.65. The Bertz CT molecular complexity index is 351. The maximum Gasteiger partial charge on any atom is 0.223 e. The summed E-state index contributed by atoms with van der Waals surface area (Å²) in [5.74, 6) is 2.37. The molecule has 1 aromatic heterocycles. The molecule has 0 radical (unpaired) electrons. The average molecular weight is 219 g/mol. The molecule has 0 amide bonds. The van der Waals surface area contributed by atoms with Gasteiger partial charge in [0.25, 0.3) is 0 Å². The lowest BCUT2D eigenvalue weighted by Gasteiger charge is -2.33. The van der Waals surface area contributed by atoms with Gasteiger partial charge in [-0.1, -0.05) is 13.8 Å². The average Bonchev–Trinajstić information content (AvgIpc) is 2.22. The normalized spacial score (nSPS) is 30.1. The number of nitrogens with one attached hydrogen (secondary N) is 1. The molecular weight excluding hydrogens is 198 g/mol. The minimum Gasteiger partial charge on any atom is -0.351 e. The molecule has 3 unspecified atom stereocenters. The zero-order valence-corrected chi connectivity index (χ0v) is 10.4. The van der Waals surface area contributed by atoms with Gasteiger partial charge in [0.2, 0.25) is 5.95 Å². The van der Waals surface area contributed by atoms with Gasteiger partial charge in [-0.05, 0) is 44.1 Å². The Morgan fingerprint density at radius 3 is 2.81 bits per heavy atom. The number of anilines is 1. The summed E-state index contributed by atoms with van der Waals surface area (Å²) in [6.45, 7) is 6.66. The van der Waals surface area contributed by atoms with Gasteiger partial charge in [0.05, 0.1) is 0 Å². The van der Waals surface area contributed by atoms with Crippen molar-refractivity contribution < 1.29 is 0 Å². The van der Waals surface area contributed by atoms with Crippen LogP contribution in [0.3, 0.4) is 0 Å². The predicted octanol–water partition coefficient (Wildman–Crippen LogP) is 3.02. The highest BCUT2D eigenvalue weighted by Crippen LogP contribution is 2.30. The van der Waals surface area contributed by atoms with Gasteiger partial charge in [0.15, 0.2) is 0 Å². The first-order valence-corrected chi connectivity index (χ1v) is 6.21. The molecule has 0 aliphatic heterocycles. The van der Waals surface area contributed by atoms with E-state index in [0.717, 1.165) is 17.6 Å². The smallest absolute Gasteiger partial charge is 0.223 e. The predicted molar refractivity (Wildman–Crippen MR) is 66.4 cm³/mol. The van der Waals surface area contributed by atoms with E-state index in [0.29, 0.717) is 12.0 Å². The fourth-order valence-electron chi connectivity index (χ4n) is 2.56. The van der Waals surface area contributed by atoms with Crippen LogP contribution >= 0.6 is 0 Å². The summed E-state index contributed by atoms with van der Waals surface area (Å²) in [6.07, 6.45) is 5.68. The zero-order chi connectivity index (χ0) is 11.5. The van der Waals surface area contributed by atoms with Crippen molar-refractivity contribution in [3.8, 4) is 0 Å². The number of hydrogen-bond donors (Lipinski definition) is 1. The van der Waals surface area contributed by atoms with Crippen LogP contribution in [0.4, 0.5) is 5.95 Å². The molecular formula is C13H21N3. The van der Waals surface area contributed by atoms with Gasteiger partial charge >= 0.3 is 0 Å². The molecule has 0 spiro atoms. The summed E-state index contributed by atoms with van der Waals surface area (Å²) < 4.78 is 0. The van der Waals surface area contributed by atoms with E-state index in [1.54, 1.807) is 0 Å². The first-order valence-electron chi connectivity index (χ1n) is 6.21. The van der Waals surface area contributed by atoms with E-state index in [-0.39, 0.29) is 0 Å². The maximum absolute atomic E-state index is 4.40. The highest BCUT2D eigenvalue weighted by Gasteiger charge is 2.25. The number of nitrogens with zero attached hydrogens (tertiary/aromatic N) is 2. The highest BCUT2D eigenvalue weighted by molar-refractivity contribution is 5.26. The summed E-state index contributed by atoms with van der Waals surface area (Å²) in [7, 11) is 0. The second kappa shape index (κ2) is 4.81. The van der Waals surface area contributed by atoms with Crippen LogP contribution < -0.4 is 5.32 Å². The lowest BCUT2D eigenvalue weighted by molar-refractivity contribution is 0.276. The molecule has 1 saturated carbocycles. The van der Waals surface area contributed by atoms with Crippen molar-refractivity contribution >= 4 is 5.95 Å². The van der Waals surface area contributed by atoms with Crippen LogP contribution in [0.1, 0.15) is 38.8 Å². The Balaban J connectivity index is 1.99. The van der Waals surface area contributed by atoms with Crippen LogP contribution in [0, 0.1) is 18.8 Å². The Labute approximate surface area is 97.7 Å². The SMILES string of the molecule is Cc1ccnc(NC2CCC(C)CC2C)n1. The van der Waals surface area contributed by atoms with E-state index in [4.69, 9.17) is 0 Å². The molecule has 2 rings (SSSR count). The van der Waals surface area contributed by atoms with E-state index < -0.39 is 0 Å². The Morgan fingerprint density at radius 2 is 2.12 bits per heavy atom. The third-order valence-corrected chi connectivity index (χ3v) is 3.54. The molecule has 3 nitrogen and oxygen atoms in total. The fourth-order valence-corrected chi connectivity index (χ4v) is 2.56. The molecule has 1 aliphatic carbocycles. The molecule has 1 N–H and O–H groups in total. The molecule has 1 aliphatic rings. The summed E-state index contributed by atoms with van der Waals surface area (Å²) in [5.41, 5.74) is 1.02. The summed E-state index contributed by atoms with van der Waals surface area (Å²) in [5, 5.41) is 3.47. The highest BCUT2D eigenvalue weighted by atomic mass is 15.1. The molecule has 3 heteroatoms. The molecule has 1 fully saturated rings. The van der Waals surface area contributed by atoms with E-state index in [9.17, 15) is 0 Å². The van der Waals surface area contributed by atoms with Gasteiger partial charge in [0.1, 0.15) is 0 Å². The molecule has 88 valence electrons. The summed E-state index contributed by atoms with van der Waals surface area (Å²) in [4.78, 5) is 8.66. The number of hydrogen-bond acceptors (Lipinski definition) is 3. The van der Waals surface area contributed by atoms with E-state index in [2.05, 4.69) is 29.1 Å². The molecule has 0 bridgehead atoms. The van der Waals surface area contributed by atoms with Crippen molar-refractivity contribution in [1.82, 2.24) is 9.97 Å². The fraction of sp³-hybridized carbons (Fsp3) is 0.692. The van der Waals surface area contributed by atoms with Gasteiger partial charge in [-0.25, -0.2) is 9.97 Å². The third-order valence-electron chi connectivity index (χ3n) is 3.54. The molecule has 3 atom stereocenters. The molecule has 0 aromatic carbocycles. The largest absolute Gasteiger partial charge is 0.351 e. The second-order valence-corrected chi connectivity index (χ2v) is 5.17. The van der Waals surface area contributed by atoms with Gasteiger partial charge in [0, 0.05) is 17.9 Å². The van der Waals surface area contributed by atoms with Gasteiger partial charge < -0.3 is 5.32 Å². The molecule has 16 heavy (non-hydrogen) atoms. The topological polar surface area (TPSA) is 37.8 Å². The van der Waals surface area contributed by atoms with Crippen molar-refractivity contribution in [1.29, 1.82) is 0 Å². The summed E-state index contributed by atoms with van der Waals surface area (Å²) in [6, 6.07) is 2.47. The van der Waals surface area contributed by atoms with Crippen molar-refractivity contribution in [2.24, 2.45) is 11.8 Å². The van der Waals surface area contributed by atoms with Crippen LogP contribution in [0.15, 0.2) is 12.3 Å². The van der Waals surface area contributed by atoms with Crippen molar-refractivity contribution in [3.63, 3.8) is 0 Å². The number of aryl methyl sites for hydroxylation is 1. The van der Waals surface area contributed by atoms with Crippen LogP contribution in [-0.4, -0.2) is 16.0 Å². The van der Waals surface area contributed by atoms with E-state index in [1.165, 1.54) is 19.3 Å².